The normalized spacial score (nSPS) is 21.5. The molecule has 1 aliphatic carbocycles. The summed E-state index contributed by atoms with van der Waals surface area (Å²) in [6, 6.07) is 5.98. The maximum Gasteiger partial charge on any atom is 0.237 e. The molecule has 1 N–H and O–H groups in total. The van der Waals surface area contributed by atoms with Crippen molar-refractivity contribution in [3.8, 4) is 0 Å². The van der Waals surface area contributed by atoms with Crippen molar-refractivity contribution < 1.29 is 4.79 Å². The van der Waals surface area contributed by atoms with E-state index in [2.05, 4.69) is 26.2 Å². The number of anilines is 1. The van der Waals surface area contributed by atoms with E-state index in [1.165, 1.54) is 32.1 Å². The Morgan fingerprint density at radius 1 is 1.21 bits per heavy atom. The molecule has 2 aliphatic rings. The van der Waals surface area contributed by atoms with Gasteiger partial charge in [0.25, 0.3) is 0 Å². The van der Waals surface area contributed by atoms with Crippen LogP contribution in [0.1, 0.15) is 39.0 Å². The van der Waals surface area contributed by atoms with Crippen LogP contribution >= 0.6 is 0 Å². The van der Waals surface area contributed by atoms with Crippen LogP contribution in [0.2, 0.25) is 0 Å². The van der Waals surface area contributed by atoms with E-state index in [0.717, 1.165) is 38.5 Å². The van der Waals surface area contributed by atoms with Gasteiger partial charge >= 0.3 is 0 Å². The van der Waals surface area contributed by atoms with Crippen molar-refractivity contribution in [2.24, 2.45) is 5.92 Å². The van der Waals surface area contributed by atoms with Crippen molar-refractivity contribution in [3.63, 3.8) is 0 Å². The summed E-state index contributed by atoms with van der Waals surface area (Å²) in [5, 5.41) is 3.19. The highest BCUT2D eigenvalue weighted by atomic mass is 16.2. The Hall–Kier alpha value is -1.62. The fraction of sp³-hybridized carbons (Fsp3) is 0.684. The molecular formula is C19H30N4O. The van der Waals surface area contributed by atoms with Crippen molar-refractivity contribution >= 4 is 11.7 Å². The lowest BCUT2D eigenvalue weighted by molar-refractivity contribution is -0.126. The van der Waals surface area contributed by atoms with Gasteiger partial charge in [-0.05, 0) is 37.8 Å². The molecule has 1 aromatic rings. The quantitative estimate of drug-likeness (QED) is 0.900. The van der Waals surface area contributed by atoms with E-state index in [0.29, 0.717) is 5.92 Å². The van der Waals surface area contributed by atoms with Crippen molar-refractivity contribution in [1.82, 2.24) is 15.2 Å². The van der Waals surface area contributed by atoms with Crippen molar-refractivity contribution in [2.75, 3.05) is 37.6 Å². The van der Waals surface area contributed by atoms with E-state index in [4.69, 9.17) is 0 Å². The molecule has 0 radical (unpaired) electrons. The Morgan fingerprint density at radius 2 is 1.96 bits per heavy atom. The van der Waals surface area contributed by atoms with Gasteiger partial charge in [-0.2, -0.15) is 0 Å². The zero-order chi connectivity index (χ0) is 16.8. The molecule has 2 heterocycles. The van der Waals surface area contributed by atoms with Gasteiger partial charge in [0.1, 0.15) is 5.82 Å². The third-order valence-electron chi connectivity index (χ3n) is 5.50. The Morgan fingerprint density at radius 3 is 2.62 bits per heavy atom. The third-order valence-corrected chi connectivity index (χ3v) is 5.50. The molecule has 1 aliphatic heterocycles. The van der Waals surface area contributed by atoms with Crippen LogP contribution in [-0.2, 0) is 4.79 Å². The van der Waals surface area contributed by atoms with Crippen LogP contribution in [0.15, 0.2) is 24.4 Å². The topological polar surface area (TPSA) is 48.5 Å². The number of carbonyl (C=O) groups excluding carboxylic acids is 1. The first kappa shape index (κ1) is 17.2. The molecule has 1 aromatic heterocycles. The smallest absolute Gasteiger partial charge is 0.237 e. The zero-order valence-electron chi connectivity index (χ0n) is 14.8. The molecule has 0 aromatic carbocycles. The lowest BCUT2D eigenvalue weighted by Gasteiger charge is -2.38. The van der Waals surface area contributed by atoms with E-state index in [1.54, 1.807) is 0 Å². The van der Waals surface area contributed by atoms with Crippen molar-refractivity contribution in [3.05, 3.63) is 24.4 Å². The van der Waals surface area contributed by atoms with Gasteiger partial charge in [0.15, 0.2) is 0 Å². The first-order chi connectivity index (χ1) is 11.7. The molecule has 0 unspecified atom stereocenters. The Bertz CT molecular complexity index is 507. The van der Waals surface area contributed by atoms with E-state index in [1.807, 2.05) is 25.3 Å². The number of rotatable bonds is 5. The second-order valence-corrected chi connectivity index (χ2v) is 7.14. The standard InChI is InChI=1S/C19H30N4O/c1-16(19(24)21-15-17-7-3-2-4-8-17)22-11-13-23(14-12-22)18-9-5-6-10-20-18/h5-6,9-10,16-17H,2-4,7-8,11-15H2,1H3,(H,21,24)/t16-/m0/s1. The molecule has 0 spiro atoms. The van der Waals surface area contributed by atoms with Gasteiger partial charge in [0.05, 0.1) is 6.04 Å². The Kier molecular flexibility index (Phi) is 6.07. The number of aromatic nitrogens is 1. The second kappa shape index (κ2) is 8.47. The molecule has 3 rings (SSSR count). The lowest BCUT2D eigenvalue weighted by atomic mass is 9.89. The van der Waals surface area contributed by atoms with Gasteiger partial charge in [-0.15, -0.1) is 0 Å². The average Bonchev–Trinajstić information content (AvgIpc) is 2.67. The van der Waals surface area contributed by atoms with Gasteiger partial charge in [-0.1, -0.05) is 25.3 Å². The highest BCUT2D eigenvalue weighted by Gasteiger charge is 2.26. The molecule has 5 heteroatoms. The molecule has 5 nitrogen and oxygen atoms in total. The predicted molar refractivity (Wildman–Crippen MR) is 97.1 cm³/mol. The minimum absolute atomic E-state index is 0.0422. The highest BCUT2D eigenvalue weighted by Crippen LogP contribution is 2.22. The lowest BCUT2D eigenvalue weighted by Crippen LogP contribution is -2.54. The third kappa shape index (κ3) is 4.47. The summed E-state index contributed by atoms with van der Waals surface area (Å²) < 4.78 is 0. The molecule has 24 heavy (non-hydrogen) atoms. The average molecular weight is 330 g/mol. The predicted octanol–water partition coefficient (Wildman–Crippen LogP) is 2.29. The number of pyridine rings is 1. The van der Waals surface area contributed by atoms with Gasteiger partial charge in [-0.3, -0.25) is 9.69 Å². The molecule has 1 atom stereocenters. The van der Waals surface area contributed by atoms with Crippen LogP contribution in [0, 0.1) is 5.92 Å². The largest absolute Gasteiger partial charge is 0.354 e. The van der Waals surface area contributed by atoms with Gasteiger partial charge < -0.3 is 10.2 Å². The Balaban J connectivity index is 1.42. The number of carbonyl (C=O) groups is 1. The maximum absolute atomic E-state index is 12.5. The molecule has 132 valence electrons. The van der Waals surface area contributed by atoms with Gasteiger partial charge in [0.2, 0.25) is 5.91 Å². The second-order valence-electron chi connectivity index (χ2n) is 7.14. The van der Waals surface area contributed by atoms with Crippen LogP contribution in [0.4, 0.5) is 5.82 Å². The van der Waals surface area contributed by atoms with E-state index < -0.39 is 0 Å². The summed E-state index contributed by atoms with van der Waals surface area (Å²) >= 11 is 0. The number of hydrogen-bond donors (Lipinski definition) is 1. The van der Waals surface area contributed by atoms with Crippen LogP contribution in [0.5, 0.6) is 0 Å². The number of amides is 1. The first-order valence-electron chi connectivity index (χ1n) is 9.42. The number of hydrogen-bond acceptors (Lipinski definition) is 4. The molecule has 1 amide bonds. The summed E-state index contributed by atoms with van der Waals surface area (Å²) in [6.45, 7) is 6.57. The monoisotopic (exact) mass is 330 g/mol. The molecule has 0 bridgehead atoms. The molecular weight excluding hydrogens is 300 g/mol. The van der Waals surface area contributed by atoms with Gasteiger partial charge in [0, 0.05) is 38.9 Å². The molecule has 1 saturated heterocycles. The van der Waals surface area contributed by atoms with Crippen LogP contribution in [0.3, 0.4) is 0 Å². The maximum atomic E-state index is 12.5. The molecule has 2 fully saturated rings. The minimum atomic E-state index is -0.0422. The van der Waals surface area contributed by atoms with Crippen LogP contribution < -0.4 is 10.2 Å². The fourth-order valence-electron chi connectivity index (χ4n) is 3.83. The number of piperazine rings is 1. The highest BCUT2D eigenvalue weighted by molar-refractivity contribution is 5.81. The number of nitrogens with one attached hydrogen (secondary N) is 1. The van der Waals surface area contributed by atoms with Crippen molar-refractivity contribution in [2.45, 2.75) is 45.1 Å². The minimum Gasteiger partial charge on any atom is -0.354 e. The first-order valence-corrected chi connectivity index (χ1v) is 9.42. The van der Waals surface area contributed by atoms with E-state index in [9.17, 15) is 4.79 Å². The van der Waals surface area contributed by atoms with Crippen LogP contribution in [-0.4, -0.2) is 54.6 Å². The summed E-state index contributed by atoms with van der Waals surface area (Å²) in [5.74, 6) is 1.91. The van der Waals surface area contributed by atoms with E-state index in [-0.39, 0.29) is 11.9 Å². The summed E-state index contributed by atoms with van der Waals surface area (Å²) in [6.07, 6.45) is 8.40. The summed E-state index contributed by atoms with van der Waals surface area (Å²) in [4.78, 5) is 21.5. The van der Waals surface area contributed by atoms with Crippen molar-refractivity contribution in [1.29, 1.82) is 0 Å². The summed E-state index contributed by atoms with van der Waals surface area (Å²) in [7, 11) is 0. The SMILES string of the molecule is C[C@@H](C(=O)NCC1CCCCC1)N1CCN(c2ccccn2)CC1. The summed E-state index contributed by atoms with van der Waals surface area (Å²) in [5.41, 5.74) is 0. The number of nitrogens with zero attached hydrogens (tertiary/aromatic N) is 3. The van der Waals surface area contributed by atoms with Gasteiger partial charge in [-0.25, -0.2) is 4.98 Å². The van der Waals surface area contributed by atoms with E-state index >= 15 is 0 Å². The molecule has 1 saturated carbocycles. The Labute approximate surface area is 145 Å². The fourth-order valence-corrected chi connectivity index (χ4v) is 3.83. The zero-order valence-corrected chi connectivity index (χ0v) is 14.8. The van der Waals surface area contributed by atoms with Crippen LogP contribution in [0.25, 0.3) is 0 Å².